The van der Waals surface area contributed by atoms with E-state index in [2.05, 4.69) is 15.5 Å². The van der Waals surface area contributed by atoms with Gasteiger partial charge in [-0.1, -0.05) is 29.8 Å². The maximum atomic E-state index is 12.4. The van der Waals surface area contributed by atoms with E-state index < -0.39 is 11.9 Å². The first-order chi connectivity index (χ1) is 9.36. The molecule has 0 saturated heterocycles. The molecule has 0 aliphatic heterocycles. The van der Waals surface area contributed by atoms with Gasteiger partial charge in [-0.05, 0) is 31.5 Å². The van der Waals surface area contributed by atoms with Crippen molar-refractivity contribution in [3.05, 3.63) is 53.2 Å². The van der Waals surface area contributed by atoms with Crippen LogP contribution >= 0.6 is 0 Å². The number of anilines is 1. The van der Waals surface area contributed by atoms with E-state index in [0.29, 0.717) is 5.82 Å². The number of hydrogen-bond acceptors (Lipinski definition) is 3. The Balaban J connectivity index is 2.08. The summed E-state index contributed by atoms with van der Waals surface area (Å²) in [4.78, 5) is 0. The molecule has 0 fully saturated rings. The zero-order valence-corrected chi connectivity index (χ0v) is 11.1. The highest BCUT2D eigenvalue weighted by molar-refractivity contribution is 5.38. The van der Waals surface area contributed by atoms with E-state index in [-0.39, 0.29) is 6.04 Å². The summed E-state index contributed by atoms with van der Waals surface area (Å²) in [5, 5.41) is 9.74. The summed E-state index contributed by atoms with van der Waals surface area (Å²) in [5.41, 5.74) is 1.18. The average molecular weight is 281 g/mol. The van der Waals surface area contributed by atoms with Crippen molar-refractivity contribution in [2.75, 3.05) is 5.32 Å². The maximum absolute atomic E-state index is 12.4. The minimum Gasteiger partial charge on any atom is -0.362 e. The van der Waals surface area contributed by atoms with Crippen LogP contribution in [0.3, 0.4) is 0 Å². The molecule has 0 saturated carbocycles. The van der Waals surface area contributed by atoms with Crippen molar-refractivity contribution < 1.29 is 13.2 Å². The first-order valence-electron chi connectivity index (χ1n) is 6.10. The van der Waals surface area contributed by atoms with Gasteiger partial charge >= 0.3 is 6.18 Å². The summed E-state index contributed by atoms with van der Waals surface area (Å²) in [5.74, 6) is 0.311. The van der Waals surface area contributed by atoms with Gasteiger partial charge in [-0.15, -0.1) is 10.2 Å². The van der Waals surface area contributed by atoms with Crippen LogP contribution in [0.2, 0.25) is 0 Å². The lowest BCUT2D eigenvalue weighted by Gasteiger charge is -2.15. The molecule has 2 rings (SSSR count). The first kappa shape index (κ1) is 14.3. The van der Waals surface area contributed by atoms with Crippen molar-refractivity contribution >= 4 is 5.82 Å². The fourth-order valence-corrected chi connectivity index (χ4v) is 1.72. The zero-order valence-electron chi connectivity index (χ0n) is 11.1. The molecule has 1 N–H and O–H groups in total. The van der Waals surface area contributed by atoms with Gasteiger partial charge in [-0.3, -0.25) is 0 Å². The van der Waals surface area contributed by atoms with Gasteiger partial charge in [0.2, 0.25) is 0 Å². The molecule has 106 valence electrons. The Bertz CT molecular complexity index is 562. The summed E-state index contributed by atoms with van der Waals surface area (Å²) >= 11 is 0. The Hall–Kier alpha value is -2.11. The molecule has 1 atom stereocenters. The number of aryl methyl sites for hydroxylation is 1. The molecular weight excluding hydrogens is 267 g/mol. The minimum absolute atomic E-state index is 0.0679. The molecule has 20 heavy (non-hydrogen) atoms. The molecule has 0 aliphatic carbocycles. The molecule has 6 heteroatoms. The van der Waals surface area contributed by atoms with Crippen LogP contribution in [0.25, 0.3) is 0 Å². The van der Waals surface area contributed by atoms with Crippen molar-refractivity contribution in [2.45, 2.75) is 26.1 Å². The number of aromatic nitrogens is 2. The monoisotopic (exact) mass is 281 g/mol. The quantitative estimate of drug-likeness (QED) is 0.924. The summed E-state index contributed by atoms with van der Waals surface area (Å²) in [6, 6.07) is 10.0. The molecular formula is C14H14F3N3. The summed E-state index contributed by atoms with van der Waals surface area (Å²) < 4.78 is 37.1. The van der Waals surface area contributed by atoms with E-state index >= 15 is 0 Å². The number of halogens is 3. The summed E-state index contributed by atoms with van der Waals surface area (Å²) in [6.07, 6.45) is -4.46. The molecule has 0 spiro atoms. The van der Waals surface area contributed by atoms with Crippen molar-refractivity contribution in [3.8, 4) is 0 Å². The van der Waals surface area contributed by atoms with Crippen molar-refractivity contribution in [3.63, 3.8) is 0 Å². The van der Waals surface area contributed by atoms with E-state index in [1.54, 1.807) is 0 Å². The Labute approximate surface area is 114 Å². The van der Waals surface area contributed by atoms with Crippen molar-refractivity contribution in [1.29, 1.82) is 0 Å². The molecule has 0 amide bonds. The highest BCUT2D eigenvalue weighted by atomic mass is 19.4. The van der Waals surface area contributed by atoms with E-state index in [9.17, 15) is 13.2 Å². The second kappa shape index (κ2) is 5.48. The molecule has 0 aliphatic rings. The zero-order chi connectivity index (χ0) is 14.8. The lowest BCUT2D eigenvalue weighted by Crippen LogP contribution is -2.12. The van der Waals surface area contributed by atoms with Gasteiger partial charge in [0.15, 0.2) is 5.69 Å². The molecule has 1 aromatic heterocycles. The fraction of sp³-hybridized carbons (Fsp3) is 0.286. The normalized spacial score (nSPS) is 13.1. The Kier molecular flexibility index (Phi) is 3.92. The third-order valence-electron chi connectivity index (χ3n) is 2.90. The average Bonchev–Trinajstić information content (AvgIpc) is 2.39. The number of rotatable bonds is 3. The first-order valence-corrected chi connectivity index (χ1v) is 6.10. The van der Waals surface area contributed by atoms with Crippen LogP contribution in [-0.2, 0) is 6.18 Å². The smallest absolute Gasteiger partial charge is 0.362 e. The Morgan fingerprint density at radius 3 is 2.15 bits per heavy atom. The molecule has 3 nitrogen and oxygen atoms in total. The van der Waals surface area contributed by atoms with Crippen LogP contribution in [-0.4, -0.2) is 10.2 Å². The van der Waals surface area contributed by atoms with Crippen LogP contribution in [0, 0.1) is 6.92 Å². The Morgan fingerprint density at radius 1 is 1.00 bits per heavy atom. The third-order valence-corrected chi connectivity index (χ3v) is 2.90. The van der Waals surface area contributed by atoms with Crippen LogP contribution in [0.1, 0.15) is 29.8 Å². The number of benzene rings is 1. The number of nitrogens with zero attached hydrogens (tertiary/aromatic N) is 2. The number of alkyl halides is 3. The van der Waals surface area contributed by atoms with Crippen molar-refractivity contribution in [1.82, 2.24) is 10.2 Å². The summed E-state index contributed by atoms with van der Waals surface area (Å²) in [6.45, 7) is 3.90. The van der Waals surface area contributed by atoms with E-state index in [1.165, 1.54) is 6.07 Å². The lowest BCUT2D eigenvalue weighted by molar-refractivity contribution is -0.141. The predicted molar refractivity (Wildman–Crippen MR) is 70.3 cm³/mol. The molecule has 1 aromatic carbocycles. The number of hydrogen-bond donors (Lipinski definition) is 1. The van der Waals surface area contributed by atoms with Crippen LogP contribution < -0.4 is 5.32 Å². The SMILES string of the molecule is Cc1ccc(C(C)Nc2ccc(C(F)(F)F)nn2)cc1. The van der Waals surface area contributed by atoms with Gasteiger partial charge in [-0.2, -0.15) is 13.2 Å². The molecule has 0 bridgehead atoms. The topological polar surface area (TPSA) is 37.8 Å². The third kappa shape index (κ3) is 3.46. The standard InChI is InChI=1S/C14H14F3N3/c1-9-3-5-11(6-4-9)10(2)18-13-8-7-12(19-20-13)14(15,16)17/h3-8,10H,1-2H3,(H,18,20). The van der Waals surface area contributed by atoms with Crippen LogP contribution in [0.5, 0.6) is 0 Å². The number of nitrogens with one attached hydrogen (secondary N) is 1. The fourth-order valence-electron chi connectivity index (χ4n) is 1.72. The lowest BCUT2D eigenvalue weighted by atomic mass is 10.1. The van der Waals surface area contributed by atoms with E-state index in [0.717, 1.165) is 17.2 Å². The molecule has 1 unspecified atom stereocenters. The largest absolute Gasteiger partial charge is 0.435 e. The molecule has 1 heterocycles. The Morgan fingerprint density at radius 2 is 1.65 bits per heavy atom. The highest BCUT2D eigenvalue weighted by Gasteiger charge is 2.32. The van der Waals surface area contributed by atoms with Gasteiger partial charge in [0.1, 0.15) is 5.82 Å². The highest BCUT2D eigenvalue weighted by Crippen LogP contribution is 2.27. The molecule has 2 aromatic rings. The van der Waals surface area contributed by atoms with Gasteiger partial charge in [0, 0.05) is 6.04 Å². The maximum Gasteiger partial charge on any atom is 0.435 e. The minimum atomic E-state index is -4.46. The van der Waals surface area contributed by atoms with Crippen molar-refractivity contribution in [2.24, 2.45) is 0 Å². The predicted octanol–water partition coefficient (Wildman–Crippen LogP) is 3.98. The van der Waals surface area contributed by atoms with Gasteiger partial charge in [0.25, 0.3) is 0 Å². The van der Waals surface area contributed by atoms with Crippen LogP contribution in [0.4, 0.5) is 19.0 Å². The van der Waals surface area contributed by atoms with Gasteiger partial charge < -0.3 is 5.32 Å². The molecule has 0 radical (unpaired) electrons. The summed E-state index contributed by atoms with van der Waals surface area (Å²) in [7, 11) is 0. The second-order valence-electron chi connectivity index (χ2n) is 4.58. The van der Waals surface area contributed by atoms with E-state index in [1.807, 2.05) is 38.1 Å². The van der Waals surface area contributed by atoms with Crippen LogP contribution in [0.15, 0.2) is 36.4 Å². The van der Waals surface area contributed by atoms with Gasteiger partial charge in [0.05, 0.1) is 0 Å². The second-order valence-corrected chi connectivity index (χ2v) is 4.58. The van der Waals surface area contributed by atoms with Gasteiger partial charge in [-0.25, -0.2) is 0 Å². The van der Waals surface area contributed by atoms with E-state index in [4.69, 9.17) is 0 Å².